The lowest BCUT2D eigenvalue weighted by atomic mass is 9.96. The van der Waals surface area contributed by atoms with E-state index >= 15 is 0 Å². The van der Waals surface area contributed by atoms with Gasteiger partial charge in [-0.25, -0.2) is 4.79 Å². The van der Waals surface area contributed by atoms with Crippen molar-refractivity contribution in [3.05, 3.63) is 70.8 Å². The third kappa shape index (κ3) is 3.89. The van der Waals surface area contributed by atoms with Crippen LogP contribution in [0.25, 0.3) is 0 Å². The molecule has 0 saturated heterocycles. The van der Waals surface area contributed by atoms with Gasteiger partial charge >= 0.3 is 6.03 Å². The minimum Gasteiger partial charge on any atom is -0.327 e. The Kier molecular flexibility index (Phi) is 5.21. The van der Waals surface area contributed by atoms with Crippen molar-refractivity contribution in [2.24, 2.45) is 0 Å². The molecule has 2 N–H and O–H groups in total. The summed E-state index contributed by atoms with van der Waals surface area (Å²) in [5, 5.41) is 5.63. The molecule has 3 heteroatoms. The molecule has 22 heavy (non-hydrogen) atoms. The van der Waals surface area contributed by atoms with Crippen molar-refractivity contribution < 1.29 is 4.79 Å². The summed E-state index contributed by atoms with van der Waals surface area (Å²) < 4.78 is 0. The molecule has 2 aromatic rings. The fourth-order valence-corrected chi connectivity index (χ4v) is 2.26. The molecular formula is C19H20N2O. The van der Waals surface area contributed by atoms with Crippen molar-refractivity contribution in [3.8, 4) is 12.3 Å². The van der Waals surface area contributed by atoms with E-state index in [1.165, 1.54) is 11.1 Å². The number of carbonyl (C=O) groups excluding carboxylic acids is 1. The molecule has 2 amide bonds. The van der Waals surface area contributed by atoms with Gasteiger partial charge in [-0.3, -0.25) is 0 Å². The smallest absolute Gasteiger partial charge is 0.316 e. The third-order valence-corrected chi connectivity index (χ3v) is 3.62. The molecule has 0 saturated carbocycles. The number of rotatable bonds is 4. The molecule has 2 aromatic carbocycles. The highest BCUT2D eigenvalue weighted by molar-refractivity contribution is 5.75. The second kappa shape index (κ2) is 7.33. The zero-order chi connectivity index (χ0) is 15.9. The first kappa shape index (κ1) is 15.7. The maximum absolute atomic E-state index is 12.0. The number of carbonyl (C=O) groups is 1. The van der Waals surface area contributed by atoms with Gasteiger partial charge in [-0.2, -0.15) is 0 Å². The average Bonchev–Trinajstić information content (AvgIpc) is 2.54. The Morgan fingerprint density at radius 3 is 2.45 bits per heavy atom. The van der Waals surface area contributed by atoms with Gasteiger partial charge in [-0.1, -0.05) is 54.5 Å². The Hall–Kier alpha value is -2.73. The van der Waals surface area contributed by atoms with Crippen LogP contribution in [0.2, 0.25) is 0 Å². The fourth-order valence-electron chi connectivity index (χ4n) is 2.26. The van der Waals surface area contributed by atoms with Crippen LogP contribution in [-0.4, -0.2) is 12.6 Å². The lowest BCUT2D eigenvalue weighted by molar-refractivity contribution is 0.240. The van der Waals surface area contributed by atoms with Crippen molar-refractivity contribution >= 4 is 6.03 Å². The highest BCUT2D eigenvalue weighted by Crippen LogP contribution is 2.23. The van der Waals surface area contributed by atoms with Crippen molar-refractivity contribution in [1.82, 2.24) is 10.6 Å². The quantitative estimate of drug-likeness (QED) is 0.834. The molecule has 0 aliphatic carbocycles. The molecule has 112 valence electrons. The molecule has 0 radical (unpaired) electrons. The molecule has 0 fully saturated rings. The minimum absolute atomic E-state index is 0.209. The van der Waals surface area contributed by atoms with Crippen LogP contribution in [0.3, 0.4) is 0 Å². The molecule has 0 heterocycles. The first-order chi connectivity index (χ1) is 10.6. The van der Waals surface area contributed by atoms with Gasteiger partial charge in [0.25, 0.3) is 0 Å². The largest absolute Gasteiger partial charge is 0.327 e. The SMILES string of the molecule is C#CCNC(=O)N[C@H](c1ccccc1)c1ccc(C)c(C)c1. The highest BCUT2D eigenvalue weighted by Gasteiger charge is 2.16. The number of benzene rings is 2. The molecule has 1 atom stereocenters. The van der Waals surface area contributed by atoms with Crippen molar-refractivity contribution in [2.75, 3.05) is 6.54 Å². The molecule has 3 nitrogen and oxygen atoms in total. The molecule has 0 bridgehead atoms. The Morgan fingerprint density at radius 1 is 1.09 bits per heavy atom. The van der Waals surface area contributed by atoms with Crippen LogP contribution in [0.1, 0.15) is 28.3 Å². The predicted molar refractivity (Wildman–Crippen MR) is 89.6 cm³/mol. The maximum Gasteiger partial charge on any atom is 0.316 e. The van der Waals surface area contributed by atoms with E-state index in [0.717, 1.165) is 11.1 Å². The highest BCUT2D eigenvalue weighted by atomic mass is 16.2. The number of nitrogens with one attached hydrogen (secondary N) is 2. The van der Waals surface area contributed by atoms with E-state index in [0.29, 0.717) is 0 Å². The summed E-state index contributed by atoms with van der Waals surface area (Å²) in [6, 6.07) is 15.6. The topological polar surface area (TPSA) is 41.1 Å². The van der Waals surface area contributed by atoms with E-state index in [1.807, 2.05) is 36.4 Å². The second-order valence-electron chi connectivity index (χ2n) is 5.22. The van der Waals surface area contributed by atoms with Gasteiger partial charge in [0.05, 0.1) is 12.6 Å². The van der Waals surface area contributed by atoms with Gasteiger partial charge in [-0.15, -0.1) is 6.42 Å². The van der Waals surface area contributed by atoms with E-state index in [4.69, 9.17) is 6.42 Å². The Labute approximate surface area is 131 Å². The fraction of sp³-hybridized carbons (Fsp3) is 0.211. The first-order valence-electron chi connectivity index (χ1n) is 7.21. The minimum atomic E-state index is -0.273. The number of hydrogen-bond acceptors (Lipinski definition) is 1. The molecule has 2 rings (SSSR count). The Morgan fingerprint density at radius 2 is 1.82 bits per heavy atom. The summed E-state index contributed by atoms with van der Waals surface area (Å²) in [7, 11) is 0. The summed E-state index contributed by atoms with van der Waals surface area (Å²) >= 11 is 0. The number of hydrogen-bond donors (Lipinski definition) is 2. The van der Waals surface area contributed by atoms with E-state index in [1.54, 1.807) is 0 Å². The Bertz CT molecular complexity index is 686. The summed E-state index contributed by atoms with van der Waals surface area (Å²) in [5.41, 5.74) is 4.50. The summed E-state index contributed by atoms with van der Waals surface area (Å²) in [5.74, 6) is 2.40. The van der Waals surface area contributed by atoms with Crippen LogP contribution < -0.4 is 10.6 Å². The molecule has 0 unspecified atom stereocenters. The second-order valence-corrected chi connectivity index (χ2v) is 5.22. The van der Waals surface area contributed by atoms with Crippen LogP contribution in [0.5, 0.6) is 0 Å². The standard InChI is InChI=1S/C19H20N2O/c1-4-12-20-19(22)21-18(16-8-6-5-7-9-16)17-11-10-14(2)15(3)13-17/h1,5-11,13,18H,12H2,2-3H3,(H2,20,21,22)/t18-/m1/s1. The van der Waals surface area contributed by atoms with Crippen molar-refractivity contribution in [3.63, 3.8) is 0 Å². The van der Waals surface area contributed by atoms with Crippen molar-refractivity contribution in [1.29, 1.82) is 0 Å². The monoisotopic (exact) mass is 292 g/mol. The molecule has 0 aliphatic rings. The molecule has 0 aromatic heterocycles. The van der Waals surface area contributed by atoms with Gasteiger partial charge < -0.3 is 10.6 Å². The van der Waals surface area contributed by atoms with Gasteiger partial charge in [0, 0.05) is 0 Å². The van der Waals surface area contributed by atoms with Crippen LogP contribution >= 0.6 is 0 Å². The number of terminal acetylenes is 1. The first-order valence-corrected chi connectivity index (χ1v) is 7.21. The third-order valence-electron chi connectivity index (χ3n) is 3.62. The molecule has 0 aliphatic heterocycles. The lowest BCUT2D eigenvalue weighted by Crippen LogP contribution is -2.38. The summed E-state index contributed by atoms with van der Waals surface area (Å²) in [6.45, 7) is 4.35. The van der Waals surface area contributed by atoms with Gasteiger partial charge in [-0.05, 0) is 36.1 Å². The van der Waals surface area contributed by atoms with Crippen LogP contribution in [0.15, 0.2) is 48.5 Å². The molecular weight excluding hydrogens is 272 g/mol. The van der Waals surface area contributed by atoms with Gasteiger partial charge in [0.15, 0.2) is 0 Å². The van der Waals surface area contributed by atoms with Crippen LogP contribution in [0, 0.1) is 26.2 Å². The summed E-state index contributed by atoms with van der Waals surface area (Å²) in [6.07, 6.45) is 5.17. The van der Waals surface area contributed by atoms with E-state index < -0.39 is 0 Å². The normalized spacial score (nSPS) is 11.3. The van der Waals surface area contributed by atoms with Crippen LogP contribution in [-0.2, 0) is 0 Å². The molecule has 0 spiro atoms. The van der Waals surface area contributed by atoms with E-state index in [9.17, 15) is 4.79 Å². The van der Waals surface area contributed by atoms with Gasteiger partial charge in [0.2, 0.25) is 0 Å². The summed E-state index contributed by atoms with van der Waals surface area (Å²) in [4.78, 5) is 12.0. The number of amides is 2. The zero-order valence-corrected chi connectivity index (χ0v) is 12.9. The van der Waals surface area contributed by atoms with Gasteiger partial charge in [0.1, 0.15) is 0 Å². The number of urea groups is 1. The predicted octanol–water partition coefficient (Wildman–Crippen LogP) is 3.33. The van der Waals surface area contributed by atoms with E-state index in [2.05, 4.69) is 42.5 Å². The number of aryl methyl sites for hydroxylation is 2. The van der Waals surface area contributed by atoms with E-state index in [-0.39, 0.29) is 18.6 Å². The zero-order valence-electron chi connectivity index (χ0n) is 12.9. The lowest BCUT2D eigenvalue weighted by Gasteiger charge is -2.21. The average molecular weight is 292 g/mol. The Balaban J connectivity index is 2.31. The maximum atomic E-state index is 12.0. The van der Waals surface area contributed by atoms with Crippen molar-refractivity contribution in [2.45, 2.75) is 19.9 Å². The van der Waals surface area contributed by atoms with Crippen LogP contribution in [0.4, 0.5) is 4.79 Å².